The molecule has 0 spiro atoms. The summed E-state index contributed by atoms with van der Waals surface area (Å²) in [6.45, 7) is 13.1. The fourth-order valence-electron chi connectivity index (χ4n) is 3.73. The van der Waals surface area contributed by atoms with Crippen molar-refractivity contribution in [2.24, 2.45) is 5.92 Å². The van der Waals surface area contributed by atoms with E-state index < -0.39 is 0 Å². The first kappa shape index (κ1) is 21.0. The van der Waals surface area contributed by atoms with E-state index in [9.17, 15) is 4.79 Å². The molecular formula is C22H32N6O. The highest BCUT2D eigenvalue weighted by Gasteiger charge is 2.27. The van der Waals surface area contributed by atoms with Crippen LogP contribution < -0.4 is 5.32 Å². The summed E-state index contributed by atoms with van der Waals surface area (Å²) in [6.07, 6.45) is 3.12. The molecule has 7 nitrogen and oxygen atoms in total. The average Bonchev–Trinajstić information content (AvgIpc) is 3.22. The Labute approximate surface area is 172 Å². The van der Waals surface area contributed by atoms with Gasteiger partial charge in [0.1, 0.15) is 11.3 Å². The van der Waals surface area contributed by atoms with Crippen molar-refractivity contribution in [1.82, 2.24) is 29.6 Å². The summed E-state index contributed by atoms with van der Waals surface area (Å²) >= 11 is 0. The van der Waals surface area contributed by atoms with Crippen LogP contribution in [0.5, 0.6) is 0 Å². The van der Waals surface area contributed by atoms with Crippen LogP contribution in [0.3, 0.4) is 0 Å². The van der Waals surface area contributed by atoms with E-state index in [1.165, 1.54) is 0 Å². The summed E-state index contributed by atoms with van der Waals surface area (Å²) in [7, 11) is 0. The first-order valence-electron chi connectivity index (χ1n) is 10.4. The molecule has 1 N–H and O–H groups in total. The van der Waals surface area contributed by atoms with E-state index >= 15 is 0 Å². The Morgan fingerprint density at radius 1 is 1.24 bits per heavy atom. The van der Waals surface area contributed by atoms with Gasteiger partial charge < -0.3 is 9.88 Å². The number of rotatable bonds is 8. The molecule has 3 aromatic rings. The number of aryl methyl sites for hydroxylation is 3. The number of fused-ring (bicyclic) bond motifs is 1. The monoisotopic (exact) mass is 396 g/mol. The molecule has 29 heavy (non-hydrogen) atoms. The molecule has 0 saturated carbocycles. The number of pyridine rings is 1. The standard InChI is InChI=1S/C22H32N6O/c1-7-15(4)20(25-19(29)10-12-27-17(6)13-16(5)26-27)22-24-18-9-8-11-23-21(18)28(22)14(2)3/h8-9,11,13-15,20H,7,10,12H2,1-6H3,(H,25,29)/t15-,20+/m1/s1. The molecule has 2 atom stereocenters. The fraction of sp³-hybridized carbons (Fsp3) is 0.545. The van der Waals surface area contributed by atoms with Crippen molar-refractivity contribution >= 4 is 17.1 Å². The van der Waals surface area contributed by atoms with Crippen LogP contribution in [0.1, 0.15) is 69.8 Å². The second-order valence-electron chi connectivity index (χ2n) is 8.11. The number of hydrogen-bond donors (Lipinski definition) is 1. The molecule has 0 aliphatic rings. The Morgan fingerprint density at radius 2 is 2.00 bits per heavy atom. The predicted octanol–water partition coefficient (Wildman–Crippen LogP) is 4.12. The van der Waals surface area contributed by atoms with Gasteiger partial charge in [-0.05, 0) is 51.8 Å². The first-order valence-corrected chi connectivity index (χ1v) is 10.4. The maximum atomic E-state index is 12.8. The zero-order valence-electron chi connectivity index (χ0n) is 18.3. The molecule has 3 rings (SSSR count). The van der Waals surface area contributed by atoms with Crippen molar-refractivity contribution in [3.05, 3.63) is 41.6 Å². The summed E-state index contributed by atoms with van der Waals surface area (Å²) in [5, 5.41) is 7.69. The number of aromatic nitrogens is 5. The summed E-state index contributed by atoms with van der Waals surface area (Å²) in [5.74, 6) is 1.14. The first-order chi connectivity index (χ1) is 13.8. The maximum absolute atomic E-state index is 12.8. The molecule has 0 radical (unpaired) electrons. The minimum Gasteiger partial charge on any atom is -0.346 e. The van der Waals surface area contributed by atoms with Crippen LogP contribution in [0, 0.1) is 19.8 Å². The topological polar surface area (TPSA) is 77.6 Å². The summed E-state index contributed by atoms with van der Waals surface area (Å²) in [6, 6.07) is 5.93. The van der Waals surface area contributed by atoms with Gasteiger partial charge >= 0.3 is 0 Å². The van der Waals surface area contributed by atoms with Crippen molar-refractivity contribution < 1.29 is 4.79 Å². The van der Waals surface area contributed by atoms with Gasteiger partial charge in [0.05, 0.1) is 11.7 Å². The highest BCUT2D eigenvalue weighted by molar-refractivity contribution is 5.77. The number of carbonyl (C=O) groups excluding carboxylic acids is 1. The smallest absolute Gasteiger partial charge is 0.222 e. The van der Waals surface area contributed by atoms with Crippen LogP contribution in [0.2, 0.25) is 0 Å². The largest absolute Gasteiger partial charge is 0.346 e. The van der Waals surface area contributed by atoms with Crippen LogP contribution >= 0.6 is 0 Å². The highest BCUT2D eigenvalue weighted by Crippen LogP contribution is 2.29. The van der Waals surface area contributed by atoms with Gasteiger partial charge in [-0.3, -0.25) is 9.48 Å². The normalized spacial score (nSPS) is 13.8. The van der Waals surface area contributed by atoms with E-state index in [0.717, 1.165) is 34.8 Å². The molecule has 156 valence electrons. The van der Waals surface area contributed by atoms with Crippen LogP contribution in [0.15, 0.2) is 24.4 Å². The van der Waals surface area contributed by atoms with Gasteiger partial charge in [-0.25, -0.2) is 9.97 Å². The molecular weight excluding hydrogens is 364 g/mol. The molecule has 3 aromatic heterocycles. The van der Waals surface area contributed by atoms with E-state index in [0.29, 0.717) is 13.0 Å². The van der Waals surface area contributed by atoms with Crippen molar-refractivity contribution in [3.8, 4) is 0 Å². The van der Waals surface area contributed by atoms with Crippen molar-refractivity contribution in [2.45, 2.75) is 73.0 Å². The minimum absolute atomic E-state index is 0.0122. The zero-order chi connectivity index (χ0) is 21.1. The summed E-state index contributed by atoms with van der Waals surface area (Å²) in [5.41, 5.74) is 3.77. The second-order valence-corrected chi connectivity index (χ2v) is 8.11. The van der Waals surface area contributed by atoms with Gasteiger partial charge in [0.2, 0.25) is 5.91 Å². The lowest BCUT2D eigenvalue weighted by atomic mass is 9.98. The number of amides is 1. The molecule has 1 amide bonds. The zero-order valence-corrected chi connectivity index (χ0v) is 18.3. The van der Waals surface area contributed by atoms with Gasteiger partial charge in [0, 0.05) is 30.9 Å². The summed E-state index contributed by atoms with van der Waals surface area (Å²) in [4.78, 5) is 22.2. The van der Waals surface area contributed by atoms with E-state index in [2.05, 4.69) is 47.7 Å². The number of nitrogens with one attached hydrogen (secondary N) is 1. The van der Waals surface area contributed by atoms with Crippen molar-refractivity contribution in [1.29, 1.82) is 0 Å². The van der Waals surface area contributed by atoms with Crippen LogP contribution in [-0.4, -0.2) is 30.2 Å². The maximum Gasteiger partial charge on any atom is 0.222 e. The Morgan fingerprint density at radius 3 is 2.62 bits per heavy atom. The lowest BCUT2D eigenvalue weighted by Gasteiger charge is -2.26. The molecule has 3 heterocycles. The van der Waals surface area contributed by atoms with Gasteiger partial charge in [-0.1, -0.05) is 20.3 Å². The fourth-order valence-corrected chi connectivity index (χ4v) is 3.73. The molecule has 0 aromatic carbocycles. The number of hydrogen-bond acceptors (Lipinski definition) is 4. The van der Waals surface area contributed by atoms with Crippen molar-refractivity contribution in [3.63, 3.8) is 0 Å². The average molecular weight is 397 g/mol. The number of imidazole rings is 1. The van der Waals surface area contributed by atoms with Gasteiger partial charge in [0.25, 0.3) is 0 Å². The number of carbonyl (C=O) groups is 1. The predicted molar refractivity (Wildman–Crippen MR) is 115 cm³/mol. The number of nitrogens with zero attached hydrogens (tertiary/aromatic N) is 5. The third kappa shape index (κ3) is 4.49. The Kier molecular flexibility index (Phi) is 6.35. The van der Waals surface area contributed by atoms with E-state index in [4.69, 9.17) is 4.98 Å². The van der Waals surface area contributed by atoms with E-state index in [-0.39, 0.29) is 23.9 Å². The second kappa shape index (κ2) is 8.76. The molecule has 0 aliphatic carbocycles. The molecule has 0 saturated heterocycles. The molecule has 0 aliphatic heterocycles. The molecule has 0 bridgehead atoms. The molecule has 7 heteroatoms. The Balaban J connectivity index is 1.85. The highest BCUT2D eigenvalue weighted by atomic mass is 16.1. The SMILES string of the molecule is CC[C@@H](C)[C@H](NC(=O)CCn1nc(C)cc1C)c1nc2cccnc2n1C(C)C. The minimum atomic E-state index is -0.162. The molecule has 0 unspecified atom stereocenters. The molecule has 0 fully saturated rings. The lowest BCUT2D eigenvalue weighted by Crippen LogP contribution is -2.35. The van der Waals surface area contributed by atoms with Gasteiger partial charge in [-0.2, -0.15) is 5.10 Å². The van der Waals surface area contributed by atoms with E-state index in [1.54, 1.807) is 6.20 Å². The Bertz CT molecular complexity index is 987. The van der Waals surface area contributed by atoms with Gasteiger partial charge in [0.15, 0.2) is 5.65 Å². The third-order valence-corrected chi connectivity index (χ3v) is 5.45. The quantitative estimate of drug-likeness (QED) is 0.621. The van der Waals surface area contributed by atoms with Crippen LogP contribution in [0.4, 0.5) is 0 Å². The lowest BCUT2D eigenvalue weighted by molar-refractivity contribution is -0.122. The third-order valence-electron chi connectivity index (χ3n) is 5.45. The van der Waals surface area contributed by atoms with E-state index in [1.807, 2.05) is 36.7 Å². The van der Waals surface area contributed by atoms with Gasteiger partial charge in [-0.15, -0.1) is 0 Å². The summed E-state index contributed by atoms with van der Waals surface area (Å²) < 4.78 is 4.04. The van der Waals surface area contributed by atoms with Crippen LogP contribution in [-0.2, 0) is 11.3 Å². The van der Waals surface area contributed by atoms with Crippen molar-refractivity contribution in [2.75, 3.05) is 0 Å². The van der Waals surface area contributed by atoms with Crippen LogP contribution in [0.25, 0.3) is 11.2 Å². The Hall–Kier alpha value is -2.70.